The maximum Gasteiger partial charge on any atom is 0.328 e. The summed E-state index contributed by atoms with van der Waals surface area (Å²) in [5, 5.41) is 35.9. The lowest BCUT2D eigenvalue weighted by molar-refractivity contribution is -0.163. The first-order valence-corrected chi connectivity index (χ1v) is 8.64. The molecule has 1 fully saturated rings. The topological polar surface area (TPSA) is 226 Å². The van der Waals surface area contributed by atoms with Gasteiger partial charge in [-0.2, -0.15) is 0 Å². The fourth-order valence-corrected chi connectivity index (χ4v) is 1.54. The van der Waals surface area contributed by atoms with Crippen LogP contribution < -0.4 is 16.5 Å². The zero-order valence-electron chi connectivity index (χ0n) is 16.5. The van der Waals surface area contributed by atoms with Crippen LogP contribution in [0, 0.1) is 5.92 Å². The summed E-state index contributed by atoms with van der Waals surface area (Å²) in [5.41, 5.74) is 6.83. The first-order valence-electron chi connectivity index (χ1n) is 8.64. The molecule has 0 spiro atoms. The molecule has 4 atom stereocenters. The second-order valence-electron chi connectivity index (χ2n) is 6.21. The van der Waals surface area contributed by atoms with Crippen LogP contribution in [-0.4, -0.2) is 74.9 Å². The molecule has 0 aromatic carbocycles. The zero-order valence-corrected chi connectivity index (χ0v) is 16.5. The van der Waals surface area contributed by atoms with Crippen molar-refractivity contribution in [2.45, 2.75) is 58.2 Å². The van der Waals surface area contributed by atoms with Gasteiger partial charge in [0, 0.05) is 0 Å². The van der Waals surface area contributed by atoms with Gasteiger partial charge >= 0.3 is 29.8 Å². The van der Waals surface area contributed by atoms with E-state index in [1.807, 2.05) is 5.48 Å². The highest BCUT2D eigenvalue weighted by Gasteiger charge is 2.21. The van der Waals surface area contributed by atoms with E-state index < -0.39 is 47.8 Å². The van der Waals surface area contributed by atoms with Gasteiger partial charge in [0.05, 0.1) is 12.3 Å². The summed E-state index contributed by atoms with van der Waals surface area (Å²) >= 11 is 0. The number of carbonyl (C=O) groups excluding carboxylic acids is 1. The number of hydrogen-bond acceptors (Lipinski definition) is 9. The van der Waals surface area contributed by atoms with Crippen LogP contribution in [0.25, 0.3) is 0 Å². The summed E-state index contributed by atoms with van der Waals surface area (Å²) in [6, 6.07) is -2.04. The molecular weight excluding hydrogens is 394 g/mol. The van der Waals surface area contributed by atoms with Crippen molar-refractivity contribution in [2.75, 3.05) is 6.54 Å². The van der Waals surface area contributed by atoms with Crippen LogP contribution in [0.2, 0.25) is 0 Å². The Morgan fingerprint density at radius 1 is 1.07 bits per heavy atom. The minimum Gasteiger partial charge on any atom is -0.481 e. The number of carboxylic acid groups (broad SMARTS) is 4. The third-order valence-corrected chi connectivity index (χ3v) is 3.34. The summed E-state index contributed by atoms with van der Waals surface area (Å²) in [5.74, 6) is -5.60. The lowest BCUT2D eigenvalue weighted by atomic mass is 10.1. The van der Waals surface area contributed by atoms with E-state index in [-0.39, 0.29) is 12.5 Å². The highest BCUT2D eigenvalue weighted by Crippen LogP contribution is 2.04. The van der Waals surface area contributed by atoms with Gasteiger partial charge in [-0.15, -0.1) is 5.48 Å². The van der Waals surface area contributed by atoms with Crippen LogP contribution >= 0.6 is 0 Å². The average Bonchev–Trinajstić information content (AvgIpc) is 3.14. The SMILES string of the molecule is CC(CC(=O)O)C(=O)ON[C@@H](C)C(=O)O.C[C@H](N)C(=O)O.O=C(O)[C@@H]1CCCN1. The maximum absolute atomic E-state index is 11.1. The fourth-order valence-electron chi connectivity index (χ4n) is 1.54. The Hall–Kier alpha value is -2.77. The lowest BCUT2D eigenvalue weighted by Crippen LogP contribution is -2.37. The third kappa shape index (κ3) is 15.9. The van der Waals surface area contributed by atoms with Gasteiger partial charge < -0.3 is 36.3 Å². The van der Waals surface area contributed by atoms with Gasteiger partial charge in [0.25, 0.3) is 0 Å². The number of carbonyl (C=O) groups is 5. The van der Waals surface area contributed by atoms with Crippen LogP contribution in [0.1, 0.15) is 40.0 Å². The van der Waals surface area contributed by atoms with Crippen molar-refractivity contribution in [3.63, 3.8) is 0 Å². The summed E-state index contributed by atoms with van der Waals surface area (Å²) in [6.07, 6.45) is 1.42. The summed E-state index contributed by atoms with van der Waals surface area (Å²) in [4.78, 5) is 55.7. The van der Waals surface area contributed by atoms with Gasteiger partial charge in [0.2, 0.25) is 0 Å². The monoisotopic (exact) mass is 423 g/mol. The molecule has 1 rings (SSSR count). The van der Waals surface area contributed by atoms with Crippen LogP contribution in [0.3, 0.4) is 0 Å². The Labute approximate surface area is 167 Å². The molecule has 13 heteroatoms. The van der Waals surface area contributed by atoms with E-state index in [1.54, 1.807) is 0 Å². The molecule has 13 nitrogen and oxygen atoms in total. The molecule has 0 aromatic rings. The van der Waals surface area contributed by atoms with E-state index in [2.05, 4.69) is 10.2 Å². The number of carboxylic acids is 4. The van der Waals surface area contributed by atoms with E-state index in [9.17, 15) is 24.0 Å². The Morgan fingerprint density at radius 3 is 1.86 bits per heavy atom. The van der Waals surface area contributed by atoms with Crippen LogP contribution in [0.15, 0.2) is 0 Å². The Balaban J connectivity index is 0. The number of nitrogens with one attached hydrogen (secondary N) is 2. The largest absolute Gasteiger partial charge is 0.481 e. The number of aliphatic carboxylic acids is 4. The summed E-state index contributed by atoms with van der Waals surface area (Å²) < 4.78 is 0. The predicted octanol–water partition coefficient (Wildman–Crippen LogP) is -1.14. The molecule has 0 amide bonds. The maximum atomic E-state index is 11.1. The highest BCUT2D eigenvalue weighted by molar-refractivity contribution is 5.79. The summed E-state index contributed by atoms with van der Waals surface area (Å²) in [6.45, 7) is 4.94. The van der Waals surface area contributed by atoms with Gasteiger partial charge in [-0.3, -0.25) is 24.0 Å². The molecular formula is C16H29N3O10. The average molecular weight is 423 g/mol. The molecule has 0 aliphatic carbocycles. The molecule has 29 heavy (non-hydrogen) atoms. The predicted molar refractivity (Wildman–Crippen MR) is 97.7 cm³/mol. The van der Waals surface area contributed by atoms with E-state index in [0.29, 0.717) is 0 Å². The van der Waals surface area contributed by atoms with Gasteiger partial charge in [-0.25, -0.2) is 0 Å². The normalized spacial score (nSPS) is 17.9. The van der Waals surface area contributed by atoms with Crippen molar-refractivity contribution in [3.8, 4) is 0 Å². The van der Waals surface area contributed by atoms with Crippen molar-refractivity contribution < 1.29 is 49.2 Å². The van der Waals surface area contributed by atoms with Crippen molar-refractivity contribution in [1.82, 2.24) is 10.8 Å². The minimum absolute atomic E-state index is 0.269. The number of nitrogens with two attached hydrogens (primary N) is 1. The molecule has 1 saturated heterocycles. The second-order valence-corrected chi connectivity index (χ2v) is 6.21. The molecule has 1 heterocycles. The third-order valence-electron chi connectivity index (χ3n) is 3.34. The number of hydroxylamine groups is 1. The fraction of sp³-hybridized carbons (Fsp3) is 0.688. The molecule has 0 saturated carbocycles. The van der Waals surface area contributed by atoms with Gasteiger partial charge in [0.1, 0.15) is 18.1 Å². The first-order chi connectivity index (χ1) is 13.3. The molecule has 1 aliphatic rings. The van der Waals surface area contributed by atoms with Crippen molar-refractivity contribution in [3.05, 3.63) is 0 Å². The smallest absolute Gasteiger partial charge is 0.328 e. The second kappa shape index (κ2) is 15.2. The minimum atomic E-state index is -1.17. The molecule has 0 radical (unpaired) electrons. The van der Waals surface area contributed by atoms with E-state index in [0.717, 1.165) is 19.4 Å². The molecule has 8 N–H and O–H groups in total. The molecule has 168 valence electrons. The van der Waals surface area contributed by atoms with Crippen LogP contribution in [-0.2, 0) is 28.8 Å². The van der Waals surface area contributed by atoms with Gasteiger partial charge in [0.15, 0.2) is 0 Å². The first kappa shape index (κ1) is 28.4. The summed E-state index contributed by atoms with van der Waals surface area (Å²) in [7, 11) is 0. The number of rotatable bonds is 8. The Bertz CT molecular complexity index is 561. The quantitative estimate of drug-likeness (QED) is 0.229. The highest BCUT2D eigenvalue weighted by atomic mass is 16.7. The molecule has 0 aromatic heterocycles. The van der Waals surface area contributed by atoms with E-state index >= 15 is 0 Å². The Kier molecular flexibility index (Phi) is 14.9. The lowest BCUT2D eigenvalue weighted by Gasteiger charge is -2.11. The van der Waals surface area contributed by atoms with Crippen molar-refractivity contribution in [2.24, 2.45) is 11.7 Å². The molecule has 0 bridgehead atoms. The van der Waals surface area contributed by atoms with E-state index in [1.165, 1.54) is 20.8 Å². The van der Waals surface area contributed by atoms with Gasteiger partial charge in [-0.05, 0) is 33.2 Å². The van der Waals surface area contributed by atoms with Crippen molar-refractivity contribution in [1.29, 1.82) is 0 Å². The van der Waals surface area contributed by atoms with Crippen molar-refractivity contribution >= 4 is 29.8 Å². The van der Waals surface area contributed by atoms with Gasteiger partial charge in [-0.1, -0.05) is 6.92 Å². The van der Waals surface area contributed by atoms with Crippen LogP contribution in [0.5, 0.6) is 0 Å². The Morgan fingerprint density at radius 2 is 1.59 bits per heavy atom. The molecule has 1 aliphatic heterocycles. The zero-order chi connectivity index (χ0) is 23.1. The standard InChI is InChI=1S/C8H13NO6.C5H9NO2.C3H7NO2/c1-4(3-6(10)11)8(14)15-9-5(2)7(12)13;7-5(8)4-2-1-3-6-4;1-2(4)3(5)6/h4-5,9H,3H2,1-2H3,(H,10,11)(H,12,13);4,6H,1-3H2,(H,7,8);2H,4H2,1H3,(H,5,6)/t4?,5-;4-;2-/m000/s1. The van der Waals surface area contributed by atoms with E-state index in [4.69, 9.17) is 26.2 Å². The number of hydrogen-bond donors (Lipinski definition) is 7. The van der Waals surface area contributed by atoms with Crippen LogP contribution in [0.4, 0.5) is 0 Å². The molecule has 1 unspecified atom stereocenters.